The van der Waals surface area contributed by atoms with Gasteiger partial charge in [-0.15, -0.1) is 10.2 Å². The van der Waals surface area contributed by atoms with E-state index in [1.807, 2.05) is 29.9 Å². The lowest BCUT2D eigenvalue weighted by Gasteiger charge is -2.22. The quantitative estimate of drug-likeness (QED) is 0.627. The Labute approximate surface area is 161 Å². The first-order valence-corrected chi connectivity index (χ1v) is 9.00. The molecule has 1 atom stereocenters. The van der Waals surface area contributed by atoms with Crippen LogP contribution in [-0.4, -0.2) is 69.4 Å². The molecule has 4 heterocycles. The molecule has 146 valence electrons. The van der Waals surface area contributed by atoms with Gasteiger partial charge < -0.3 is 18.9 Å². The Kier molecular flexibility index (Phi) is 4.82. The number of pyridine rings is 1. The van der Waals surface area contributed by atoms with Gasteiger partial charge in [0.15, 0.2) is 11.5 Å². The van der Waals surface area contributed by atoms with Crippen LogP contribution in [0, 0.1) is 5.92 Å². The second-order valence-corrected chi connectivity index (χ2v) is 6.72. The molecule has 3 aromatic rings. The molecule has 1 fully saturated rings. The Bertz CT molecular complexity index is 1020. The molecule has 0 radical (unpaired) electrons. The monoisotopic (exact) mass is 383 g/mol. The van der Waals surface area contributed by atoms with Crippen molar-refractivity contribution < 1.29 is 19.1 Å². The molecule has 1 aliphatic rings. The Morgan fingerprint density at radius 2 is 2.11 bits per heavy atom. The molecule has 1 aliphatic heterocycles. The summed E-state index contributed by atoms with van der Waals surface area (Å²) in [6, 6.07) is 7.35. The average Bonchev–Trinajstić information content (AvgIpc) is 3.23. The van der Waals surface area contributed by atoms with Crippen molar-refractivity contribution in [2.24, 2.45) is 13.0 Å². The van der Waals surface area contributed by atoms with Crippen LogP contribution in [0.3, 0.4) is 0 Å². The molecule has 0 saturated carbocycles. The fourth-order valence-corrected chi connectivity index (χ4v) is 3.37. The predicted octanol–water partition coefficient (Wildman–Crippen LogP) is 0.996. The minimum absolute atomic E-state index is 0.173. The summed E-state index contributed by atoms with van der Waals surface area (Å²) in [4.78, 5) is 26.6. The molecule has 1 unspecified atom stereocenters. The number of aromatic nitrogens is 4. The number of esters is 1. The van der Waals surface area contributed by atoms with Crippen LogP contribution in [0.4, 0.5) is 0 Å². The first kappa shape index (κ1) is 18.2. The number of hydrogen-bond acceptors (Lipinski definition) is 6. The molecule has 1 amide bonds. The zero-order valence-electron chi connectivity index (χ0n) is 15.7. The van der Waals surface area contributed by atoms with E-state index < -0.39 is 5.92 Å². The number of carbonyl (C=O) groups excluding carboxylic acids is 2. The highest BCUT2D eigenvalue weighted by Gasteiger charge is 2.29. The van der Waals surface area contributed by atoms with Crippen molar-refractivity contribution in [2.75, 3.05) is 33.4 Å². The van der Waals surface area contributed by atoms with E-state index in [0.717, 1.165) is 5.69 Å². The maximum atomic E-state index is 13.1. The number of amides is 1. The van der Waals surface area contributed by atoms with Gasteiger partial charge in [-0.1, -0.05) is 0 Å². The van der Waals surface area contributed by atoms with Gasteiger partial charge in [0.1, 0.15) is 0 Å². The van der Waals surface area contributed by atoms with Crippen molar-refractivity contribution in [3.63, 3.8) is 0 Å². The number of rotatable bonds is 3. The van der Waals surface area contributed by atoms with Crippen molar-refractivity contribution in [3.05, 3.63) is 42.2 Å². The van der Waals surface area contributed by atoms with Gasteiger partial charge in [-0.25, -0.2) is 0 Å². The Morgan fingerprint density at radius 1 is 1.25 bits per heavy atom. The fraction of sp³-hybridized carbons (Fsp3) is 0.368. The Balaban J connectivity index is 1.65. The summed E-state index contributed by atoms with van der Waals surface area (Å²) < 4.78 is 14.0. The van der Waals surface area contributed by atoms with Crippen molar-refractivity contribution in [1.82, 2.24) is 24.1 Å². The molecule has 9 nitrogen and oxygen atoms in total. The van der Waals surface area contributed by atoms with Gasteiger partial charge in [-0.3, -0.25) is 14.0 Å². The third kappa shape index (κ3) is 3.24. The molecule has 1 saturated heterocycles. The highest BCUT2D eigenvalue weighted by atomic mass is 16.5. The molecule has 0 bridgehead atoms. The van der Waals surface area contributed by atoms with E-state index in [2.05, 4.69) is 10.2 Å². The minimum Gasteiger partial charge on any atom is -0.469 e. The third-order valence-electron chi connectivity index (χ3n) is 4.91. The highest BCUT2D eigenvalue weighted by molar-refractivity contribution is 5.94. The molecule has 0 aliphatic carbocycles. The SMILES string of the molecule is COC(=O)C1COCCN(C(=O)c2ccc3nnc(-c4cccn4C)n3c2)C1. The maximum absolute atomic E-state index is 13.1. The van der Waals surface area contributed by atoms with E-state index in [-0.39, 0.29) is 25.0 Å². The Morgan fingerprint density at radius 3 is 2.86 bits per heavy atom. The van der Waals surface area contributed by atoms with E-state index in [4.69, 9.17) is 9.47 Å². The largest absolute Gasteiger partial charge is 0.469 e. The molecular weight excluding hydrogens is 362 g/mol. The summed E-state index contributed by atoms with van der Waals surface area (Å²) in [5.74, 6) is -0.384. The lowest BCUT2D eigenvalue weighted by atomic mass is 10.1. The van der Waals surface area contributed by atoms with Crippen LogP contribution in [-0.2, 0) is 21.3 Å². The molecule has 0 spiro atoms. The molecule has 3 aromatic heterocycles. The van der Waals surface area contributed by atoms with Gasteiger partial charge in [0.25, 0.3) is 5.91 Å². The van der Waals surface area contributed by atoms with Gasteiger partial charge in [-0.05, 0) is 24.3 Å². The van der Waals surface area contributed by atoms with Crippen LogP contribution in [0.2, 0.25) is 0 Å². The fourth-order valence-electron chi connectivity index (χ4n) is 3.37. The van der Waals surface area contributed by atoms with Crippen LogP contribution in [0.25, 0.3) is 17.2 Å². The minimum atomic E-state index is -0.492. The van der Waals surface area contributed by atoms with E-state index >= 15 is 0 Å². The topological polar surface area (TPSA) is 91.0 Å². The molecule has 28 heavy (non-hydrogen) atoms. The van der Waals surface area contributed by atoms with Crippen LogP contribution in [0.5, 0.6) is 0 Å². The van der Waals surface area contributed by atoms with Crippen molar-refractivity contribution >= 4 is 17.5 Å². The lowest BCUT2D eigenvalue weighted by Crippen LogP contribution is -2.38. The lowest BCUT2D eigenvalue weighted by molar-refractivity contribution is -0.147. The van der Waals surface area contributed by atoms with Crippen LogP contribution in [0.1, 0.15) is 10.4 Å². The number of ether oxygens (including phenoxy) is 2. The normalized spacial score (nSPS) is 17.5. The van der Waals surface area contributed by atoms with Crippen molar-refractivity contribution in [3.8, 4) is 11.5 Å². The zero-order chi connectivity index (χ0) is 19.7. The summed E-state index contributed by atoms with van der Waals surface area (Å²) in [6.45, 7) is 1.30. The molecule has 4 rings (SSSR count). The standard InChI is InChI=1S/C19H21N5O4/c1-22-7-3-4-15(22)17-21-20-16-6-5-13(11-24(16)17)18(25)23-8-9-28-12-14(10-23)19(26)27-2/h3-7,11,14H,8-10,12H2,1-2H3. The summed E-state index contributed by atoms with van der Waals surface area (Å²) in [6.07, 6.45) is 3.66. The number of aryl methyl sites for hydroxylation is 1. The number of hydrogen-bond donors (Lipinski definition) is 0. The molecule has 9 heteroatoms. The molecular formula is C19H21N5O4. The highest BCUT2D eigenvalue weighted by Crippen LogP contribution is 2.20. The van der Waals surface area contributed by atoms with E-state index in [0.29, 0.717) is 30.2 Å². The van der Waals surface area contributed by atoms with E-state index in [1.165, 1.54) is 7.11 Å². The van der Waals surface area contributed by atoms with Gasteiger partial charge in [0.05, 0.1) is 37.5 Å². The van der Waals surface area contributed by atoms with Crippen LogP contribution < -0.4 is 0 Å². The molecule has 0 aromatic carbocycles. The van der Waals surface area contributed by atoms with E-state index in [1.54, 1.807) is 27.6 Å². The van der Waals surface area contributed by atoms with Gasteiger partial charge in [-0.2, -0.15) is 0 Å². The van der Waals surface area contributed by atoms with Gasteiger partial charge >= 0.3 is 5.97 Å². The van der Waals surface area contributed by atoms with E-state index in [9.17, 15) is 9.59 Å². The molecule has 0 N–H and O–H groups in total. The van der Waals surface area contributed by atoms with Crippen molar-refractivity contribution in [2.45, 2.75) is 0 Å². The Hall–Kier alpha value is -3.20. The summed E-state index contributed by atoms with van der Waals surface area (Å²) >= 11 is 0. The van der Waals surface area contributed by atoms with Gasteiger partial charge in [0.2, 0.25) is 0 Å². The zero-order valence-corrected chi connectivity index (χ0v) is 15.7. The van der Waals surface area contributed by atoms with Crippen LogP contribution in [0.15, 0.2) is 36.7 Å². The number of fused-ring (bicyclic) bond motifs is 1. The first-order chi connectivity index (χ1) is 13.6. The first-order valence-electron chi connectivity index (χ1n) is 9.00. The average molecular weight is 383 g/mol. The second kappa shape index (κ2) is 7.43. The second-order valence-electron chi connectivity index (χ2n) is 6.72. The summed E-state index contributed by atoms with van der Waals surface area (Å²) in [7, 11) is 3.26. The van der Waals surface area contributed by atoms with Crippen molar-refractivity contribution in [1.29, 1.82) is 0 Å². The smallest absolute Gasteiger partial charge is 0.312 e. The van der Waals surface area contributed by atoms with Gasteiger partial charge in [0, 0.05) is 32.5 Å². The third-order valence-corrected chi connectivity index (χ3v) is 4.91. The summed E-state index contributed by atoms with van der Waals surface area (Å²) in [5, 5.41) is 8.44. The van der Waals surface area contributed by atoms with Crippen LogP contribution >= 0.6 is 0 Å². The maximum Gasteiger partial charge on any atom is 0.312 e. The number of methoxy groups -OCH3 is 1. The number of nitrogens with zero attached hydrogens (tertiary/aromatic N) is 5. The summed E-state index contributed by atoms with van der Waals surface area (Å²) in [5.41, 5.74) is 2.04. The predicted molar refractivity (Wildman–Crippen MR) is 99.6 cm³/mol. The number of carbonyl (C=O) groups is 2.